The summed E-state index contributed by atoms with van der Waals surface area (Å²) >= 11 is 0. The van der Waals surface area contributed by atoms with Gasteiger partial charge in [0.1, 0.15) is 13.2 Å². The predicted molar refractivity (Wildman–Crippen MR) is 88.9 cm³/mol. The minimum Gasteiger partial charge on any atom is -0.493 e. The van der Waals surface area contributed by atoms with Crippen molar-refractivity contribution in [2.45, 2.75) is 6.42 Å². The molecule has 1 aliphatic rings. The van der Waals surface area contributed by atoms with Crippen molar-refractivity contribution in [2.24, 2.45) is 0 Å². The molecular formula is C18H20N2O4. The van der Waals surface area contributed by atoms with Crippen LogP contribution in [-0.4, -0.2) is 49.7 Å². The Morgan fingerprint density at radius 1 is 1.29 bits per heavy atom. The zero-order valence-electron chi connectivity index (χ0n) is 13.8. The Labute approximate surface area is 141 Å². The van der Waals surface area contributed by atoms with Crippen molar-refractivity contribution < 1.29 is 19.0 Å². The third-order valence-electron chi connectivity index (χ3n) is 3.85. The number of amides is 1. The molecule has 1 aromatic carbocycles. The van der Waals surface area contributed by atoms with Crippen LogP contribution in [0.4, 0.5) is 0 Å². The van der Waals surface area contributed by atoms with Crippen LogP contribution in [0.15, 0.2) is 36.5 Å². The highest BCUT2D eigenvalue weighted by atomic mass is 16.6. The summed E-state index contributed by atoms with van der Waals surface area (Å²) in [5.41, 5.74) is 1.47. The first-order valence-electron chi connectivity index (χ1n) is 7.82. The summed E-state index contributed by atoms with van der Waals surface area (Å²) in [6.07, 6.45) is 2.45. The van der Waals surface area contributed by atoms with E-state index in [4.69, 9.17) is 14.2 Å². The average Bonchev–Trinajstić information content (AvgIpc) is 2.65. The van der Waals surface area contributed by atoms with Crippen LogP contribution in [0.5, 0.6) is 17.2 Å². The Balaban J connectivity index is 1.74. The van der Waals surface area contributed by atoms with Crippen molar-refractivity contribution in [2.75, 3.05) is 33.9 Å². The van der Waals surface area contributed by atoms with Crippen LogP contribution in [0.1, 0.15) is 16.1 Å². The Morgan fingerprint density at radius 2 is 2.12 bits per heavy atom. The van der Waals surface area contributed by atoms with Crippen LogP contribution in [0.25, 0.3) is 0 Å². The van der Waals surface area contributed by atoms with E-state index in [2.05, 4.69) is 4.98 Å². The average molecular weight is 328 g/mol. The normalized spacial score (nSPS) is 12.6. The molecule has 6 nitrogen and oxygen atoms in total. The molecule has 2 aromatic rings. The van der Waals surface area contributed by atoms with Gasteiger partial charge in [0.25, 0.3) is 5.91 Å². The lowest BCUT2D eigenvalue weighted by Gasteiger charge is -2.23. The molecule has 24 heavy (non-hydrogen) atoms. The van der Waals surface area contributed by atoms with E-state index in [-0.39, 0.29) is 5.91 Å². The molecule has 0 bridgehead atoms. The molecule has 0 saturated carbocycles. The van der Waals surface area contributed by atoms with E-state index >= 15 is 0 Å². The zero-order chi connectivity index (χ0) is 16.9. The van der Waals surface area contributed by atoms with Crippen molar-refractivity contribution in [3.8, 4) is 17.2 Å². The van der Waals surface area contributed by atoms with Crippen molar-refractivity contribution in [1.82, 2.24) is 9.88 Å². The molecule has 6 heteroatoms. The minimum absolute atomic E-state index is 0.0961. The van der Waals surface area contributed by atoms with Gasteiger partial charge in [0.2, 0.25) is 5.75 Å². The molecular weight excluding hydrogens is 308 g/mol. The number of pyridine rings is 1. The Kier molecular flexibility index (Phi) is 4.84. The van der Waals surface area contributed by atoms with E-state index in [1.54, 1.807) is 37.4 Å². The smallest absolute Gasteiger partial charge is 0.253 e. The molecule has 0 fully saturated rings. The second kappa shape index (κ2) is 7.21. The lowest BCUT2D eigenvalue weighted by Crippen LogP contribution is -2.29. The van der Waals surface area contributed by atoms with Gasteiger partial charge in [-0.15, -0.1) is 0 Å². The molecule has 0 N–H and O–H groups in total. The van der Waals surface area contributed by atoms with Crippen molar-refractivity contribution in [3.63, 3.8) is 0 Å². The van der Waals surface area contributed by atoms with Gasteiger partial charge in [-0.1, -0.05) is 6.07 Å². The Bertz CT molecular complexity index is 701. The molecule has 0 unspecified atom stereocenters. The maximum atomic E-state index is 12.7. The number of carbonyl (C=O) groups excluding carboxylic acids is 1. The van der Waals surface area contributed by atoms with Gasteiger partial charge in [-0.25, -0.2) is 0 Å². The molecule has 3 rings (SSSR count). The third-order valence-corrected chi connectivity index (χ3v) is 3.85. The van der Waals surface area contributed by atoms with Gasteiger partial charge in [0, 0.05) is 37.5 Å². The highest BCUT2D eigenvalue weighted by Crippen LogP contribution is 2.40. The fourth-order valence-corrected chi connectivity index (χ4v) is 2.55. The van der Waals surface area contributed by atoms with Crippen molar-refractivity contribution >= 4 is 5.91 Å². The molecule has 0 aliphatic carbocycles. The number of fused-ring (bicyclic) bond motifs is 1. The number of methoxy groups -OCH3 is 1. The van der Waals surface area contributed by atoms with Gasteiger partial charge in [-0.3, -0.25) is 9.78 Å². The van der Waals surface area contributed by atoms with E-state index in [1.807, 2.05) is 18.2 Å². The second-order valence-corrected chi connectivity index (χ2v) is 5.50. The monoisotopic (exact) mass is 328 g/mol. The van der Waals surface area contributed by atoms with Gasteiger partial charge in [0.15, 0.2) is 11.5 Å². The van der Waals surface area contributed by atoms with Crippen molar-refractivity contribution in [3.05, 3.63) is 47.8 Å². The molecule has 0 atom stereocenters. The van der Waals surface area contributed by atoms with Crippen LogP contribution in [-0.2, 0) is 6.42 Å². The van der Waals surface area contributed by atoms with Gasteiger partial charge in [-0.05, 0) is 24.3 Å². The summed E-state index contributed by atoms with van der Waals surface area (Å²) < 4.78 is 16.5. The molecule has 126 valence electrons. The maximum absolute atomic E-state index is 12.7. The minimum atomic E-state index is -0.0961. The topological polar surface area (TPSA) is 60.9 Å². The van der Waals surface area contributed by atoms with Gasteiger partial charge >= 0.3 is 0 Å². The van der Waals surface area contributed by atoms with Gasteiger partial charge in [-0.2, -0.15) is 0 Å². The molecule has 0 radical (unpaired) electrons. The summed E-state index contributed by atoms with van der Waals surface area (Å²) in [5, 5.41) is 0. The highest BCUT2D eigenvalue weighted by Gasteiger charge is 2.22. The van der Waals surface area contributed by atoms with E-state index in [0.29, 0.717) is 49.0 Å². The van der Waals surface area contributed by atoms with E-state index in [1.165, 1.54) is 0 Å². The summed E-state index contributed by atoms with van der Waals surface area (Å²) in [5.74, 6) is 1.51. The molecule has 1 amide bonds. The van der Waals surface area contributed by atoms with Gasteiger partial charge in [0.05, 0.1) is 7.11 Å². The SMILES string of the molecule is COc1cc(C(=O)N(C)CCc2ccccn2)cc2c1OCCO2. The lowest BCUT2D eigenvalue weighted by molar-refractivity contribution is 0.0794. The molecule has 0 saturated heterocycles. The van der Waals surface area contributed by atoms with Crippen LogP contribution in [0.3, 0.4) is 0 Å². The van der Waals surface area contributed by atoms with E-state index in [0.717, 1.165) is 5.69 Å². The number of carbonyl (C=O) groups is 1. The summed E-state index contributed by atoms with van der Waals surface area (Å²) in [6, 6.07) is 9.16. The largest absolute Gasteiger partial charge is 0.493 e. The first-order chi connectivity index (χ1) is 11.7. The summed E-state index contributed by atoms with van der Waals surface area (Å²) in [6.45, 7) is 1.51. The maximum Gasteiger partial charge on any atom is 0.253 e. The van der Waals surface area contributed by atoms with Gasteiger partial charge < -0.3 is 19.1 Å². The quantitative estimate of drug-likeness (QED) is 0.842. The zero-order valence-corrected chi connectivity index (χ0v) is 13.8. The number of likely N-dealkylation sites (N-methyl/N-ethyl adjacent to an activating group) is 1. The first kappa shape index (κ1) is 16.1. The highest BCUT2D eigenvalue weighted by molar-refractivity contribution is 5.95. The number of benzene rings is 1. The van der Waals surface area contributed by atoms with Crippen LogP contribution >= 0.6 is 0 Å². The fraction of sp³-hybridized carbons (Fsp3) is 0.333. The van der Waals surface area contributed by atoms with Crippen LogP contribution in [0, 0.1) is 0 Å². The summed E-state index contributed by atoms with van der Waals surface area (Å²) in [4.78, 5) is 18.6. The number of nitrogens with zero attached hydrogens (tertiary/aromatic N) is 2. The van der Waals surface area contributed by atoms with Crippen molar-refractivity contribution in [1.29, 1.82) is 0 Å². The number of hydrogen-bond acceptors (Lipinski definition) is 5. The Hall–Kier alpha value is -2.76. The van der Waals surface area contributed by atoms with E-state index in [9.17, 15) is 4.79 Å². The van der Waals surface area contributed by atoms with Crippen LogP contribution in [0.2, 0.25) is 0 Å². The second-order valence-electron chi connectivity index (χ2n) is 5.50. The van der Waals surface area contributed by atoms with E-state index < -0.39 is 0 Å². The number of ether oxygens (including phenoxy) is 3. The fourth-order valence-electron chi connectivity index (χ4n) is 2.55. The number of rotatable bonds is 5. The lowest BCUT2D eigenvalue weighted by atomic mass is 10.1. The predicted octanol–water partition coefficient (Wildman–Crippen LogP) is 2.18. The standard InChI is InChI=1S/C18H20N2O4/c1-20(8-6-14-5-3-4-7-19-14)18(21)13-11-15(22-2)17-16(12-13)23-9-10-24-17/h3-5,7,11-12H,6,8-10H2,1-2H3. The number of hydrogen-bond donors (Lipinski definition) is 0. The molecule has 0 spiro atoms. The molecule has 1 aliphatic heterocycles. The Morgan fingerprint density at radius 3 is 2.88 bits per heavy atom. The van der Waals surface area contributed by atoms with Crippen LogP contribution < -0.4 is 14.2 Å². The number of aromatic nitrogens is 1. The molecule has 2 heterocycles. The third kappa shape index (κ3) is 3.42. The first-order valence-corrected chi connectivity index (χ1v) is 7.82. The summed E-state index contributed by atoms with van der Waals surface area (Å²) in [7, 11) is 3.32. The molecule has 1 aromatic heterocycles.